The molecule has 0 saturated carbocycles. The van der Waals surface area contributed by atoms with Crippen molar-refractivity contribution in [2.45, 2.75) is 19.3 Å². The highest BCUT2D eigenvalue weighted by Crippen LogP contribution is 2.19. The van der Waals surface area contributed by atoms with Crippen molar-refractivity contribution in [3.63, 3.8) is 0 Å². The fourth-order valence-electron chi connectivity index (χ4n) is 2.52. The van der Waals surface area contributed by atoms with Gasteiger partial charge >= 0.3 is 0 Å². The molecular formula is C16H17N3O. The van der Waals surface area contributed by atoms with Crippen LogP contribution in [-0.2, 0) is 0 Å². The first kappa shape index (κ1) is 12.8. The molecule has 102 valence electrons. The molecule has 1 aliphatic heterocycles. The standard InChI is InChI=1S/C16H17N3O/c20-16(19-10-2-1-3-11-19)14-6-9-18-15(12-14)13-4-7-17-8-5-13/h4-9,12H,1-3,10-11H2. The van der Waals surface area contributed by atoms with Crippen molar-refractivity contribution in [1.82, 2.24) is 14.9 Å². The second-order valence-corrected chi connectivity index (χ2v) is 5.02. The summed E-state index contributed by atoms with van der Waals surface area (Å²) in [7, 11) is 0. The number of aromatic nitrogens is 2. The van der Waals surface area contributed by atoms with Gasteiger partial charge in [-0.1, -0.05) is 0 Å². The molecule has 3 heterocycles. The Hall–Kier alpha value is -2.23. The van der Waals surface area contributed by atoms with E-state index in [-0.39, 0.29) is 5.91 Å². The van der Waals surface area contributed by atoms with Gasteiger partial charge in [0.2, 0.25) is 0 Å². The highest BCUT2D eigenvalue weighted by Gasteiger charge is 2.18. The van der Waals surface area contributed by atoms with Crippen LogP contribution in [0, 0.1) is 0 Å². The van der Waals surface area contributed by atoms with E-state index in [1.165, 1.54) is 6.42 Å². The molecule has 1 saturated heterocycles. The lowest BCUT2D eigenvalue weighted by Gasteiger charge is -2.26. The van der Waals surface area contributed by atoms with Crippen molar-refractivity contribution in [3.8, 4) is 11.3 Å². The predicted molar refractivity (Wildman–Crippen MR) is 77.2 cm³/mol. The molecule has 0 N–H and O–H groups in total. The fraction of sp³-hybridized carbons (Fsp3) is 0.312. The van der Waals surface area contributed by atoms with E-state index in [0.717, 1.165) is 37.2 Å². The Morgan fingerprint density at radius 1 is 1.00 bits per heavy atom. The van der Waals surface area contributed by atoms with Crippen LogP contribution in [0.5, 0.6) is 0 Å². The van der Waals surface area contributed by atoms with Crippen LogP contribution in [0.4, 0.5) is 0 Å². The molecule has 2 aromatic heterocycles. The first-order valence-electron chi connectivity index (χ1n) is 7.00. The van der Waals surface area contributed by atoms with E-state index < -0.39 is 0 Å². The smallest absolute Gasteiger partial charge is 0.253 e. The summed E-state index contributed by atoms with van der Waals surface area (Å²) in [4.78, 5) is 22.7. The number of likely N-dealkylation sites (tertiary alicyclic amines) is 1. The summed E-state index contributed by atoms with van der Waals surface area (Å²) in [6.07, 6.45) is 8.60. The zero-order valence-corrected chi connectivity index (χ0v) is 11.3. The summed E-state index contributed by atoms with van der Waals surface area (Å²) in [6.45, 7) is 1.73. The van der Waals surface area contributed by atoms with Gasteiger partial charge in [0.25, 0.3) is 5.91 Å². The minimum atomic E-state index is 0.113. The van der Waals surface area contributed by atoms with Crippen LogP contribution in [0.1, 0.15) is 29.6 Å². The van der Waals surface area contributed by atoms with Gasteiger partial charge < -0.3 is 4.90 Å². The maximum absolute atomic E-state index is 12.5. The number of amides is 1. The molecule has 0 radical (unpaired) electrons. The lowest BCUT2D eigenvalue weighted by molar-refractivity contribution is 0.0724. The quantitative estimate of drug-likeness (QED) is 0.840. The first-order chi connectivity index (χ1) is 9.84. The van der Waals surface area contributed by atoms with Crippen LogP contribution >= 0.6 is 0 Å². The number of hydrogen-bond donors (Lipinski definition) is 0. The Kier molecular flexibility index (Phi) is 3.72. The second kappa shape index (κ2) is 5.82. The third-order valence-corrected chi connectivity index (χ3v) is 3.63. The van der Waals surface area contributed by atoms with Crippen LogP contribution < -0.4 is 0 Å². The summed E-state index contributed by atoms with van der Waals surface area (Å²) >= 11 is 0. The van der Waals surface area contributed by atoms with Crippen molar-refractivity contribution >= 4 is 5.91 Å². The van der Waals surface area contributed by atoms with Crippen LogP contribution in [0.2, 0.25) is 0 Å². The average Bonchev–Trinajstić information content (AvgIpc) is 2.56. The molecule has 0 aromatic carbocycles. The zero-order chi connectivity index (χ0) is 13.8. The number of rotatable bonds is 2. The van der Waals surface area contributed by atoms with Crippen LogP contribution in [0.15, 0.2) is 42.9 Å². The molecule has 4 heteroatoms. The number of pyridine rings is 2. The Balaban J connectivity index is 1.85. The molecule has 0 unspecified atom stereocenters. The molecule has 0 spiro atoms. The third-order valence-electron chi connectivity index (χ3n) is 3.63. The van der Waals surface area contributed by atoms with Crippen LogP contribution in [-0.4, -0.2) is 33.9 Å². The van der Waals surface area contributed by atoms with E-state index in [1.54, 1.807) is 24.7 Å². The van der Waals surface area contributed by atoms with Gasteiger partial charge in [-0.15, -0.1) is 0 Å². The molecular weight excluding hydrogens is 250 g/mol. The molecule has 2 aromatic rings. The zero-order valence-electron chi connectivity index (χ0n) is 11.3. The first-order valence-corrected chi connectivity index (χ1v) is 7.00. The van der Waals surface area contributed by atoms with Crippen molar-refractivity contribution in [1.29, 1.82) is 0 Å². The molecule has 1 aliphatic rings. The molecule has 0 bridgehead atoms. The Labute approximate surface area is 118 Å². The van der Waals surface area contributed by atoms with E-state index in [1.807, 2.05) is 23.1 Å². The fourth-order valence-corrected chi connectivity index (χ4v) is 2.52. The van der Waals surface area contributed by atoms with Crippen molar-refractivity contribution < 1.29 is 4.79 Å². The number of hydrogen-bond acceptors (Lipinski definition) is 3. The largest absolute Gasteiger partial charge is 0.339 e. The summed E-state index contributed by atoms with van der Waals surface area (Å²) in [6, 6.07) is 7.46. The van der Waals surface area contributed by atoms with Crippen LogP contribution in [0.25, 0.3) is 11.3 Å². The minimum Gasteiger partial charge on any atom is -0.339 e. The summed E-state index contributed by atoms with van der Waals surface area (Å²) in [5.41, 5.74) is 2.51. The topological polar surface area (TPSA) is 46.1 Å². The number of nitrogens with zero attached hydrogens (tertiary/aromatic N) is 3. The molecule has 4 nitrogen and oxygen atoms in total. The van der Waals surface area contributed by atoms with Crippen molar-refractivity contribution in [2.75, 3.05) is 13.1 Å². The summed E-state index contributed by atoms with van der Waals surface area (Å²) in [5.74, 6) is 0.113. The lowest BCUT2D eigenvalue weighted by Crippen LogP contribution is -2.35. The van der Waals surface area contributed by atoms with E-state index in [9.17, 15) is 4.79 Å². The van der Waals surface area contributed by atoms with E-state index in [0.29, 0.717) is 5.56 Å². The van der Waals surface area contributed by atoms with Gasteiger partial charge in [0.15, 0.2) is 0 Å². The Morgan fingerprint density at radius 3 is 2.50 bits per heavy atom. The Bertz CT molecular complexity index is 592. The van der Waals surface area contributed by atoms with Gasteiger partial charge in [-0.3, -0.25) is 14.8 Å². The third kappa shape index (κ3) is 2.69. The van der Waals surface area contributed by atoms with Crippen molar-refractivity contribution in [2.24, 2.45) is 0 Å². The molecule has 3 rings (SSSR count). The van der Waals surface area contributed by atoms with Gasteiger partial charge in [-0.25, -0.2) is 0 Å². The Morgan fingerprint density at radius 2 is 1.75 bits per heavy atom. The van der Waals surface area contributed by atoms with Gasteiger partial charge in [0, 0.05) is 42.8 Å². The van der Waals surface area contributed by atoms with Gasteiger partial charge in [0.05, 0.1) is 5.69 Å². The highest BCUT2D eigenvalue weighted by atomic mass is 16.2. The number of carbonyl (C=O) groups is 1. The SMILES string of the molecule is O=C(c1ccnc(-c2ccncc2)c1)N1CCCCC1. The van der Waals surface area contributed by atoms with Gasteiger partial charge in [-0.2, -0.15) is 0 Å². The van der Waals surface area contributed by atoms with Crippen LogP contribution in [0.3, 0.4) is 0 Å². The minimum absolute atomic E-state index is 0.113. The molecule has 20 heavy (non-hydrogen) atoms. The second-order valence-electron chi connectivity index (χ2n) is 5.02. The molecule has 1 fully saturated rings. The van der Waals surface area contributed by atoms with E-state index >= 15 is 0 Å². The average molecular weight is 267 g/mol. The molecule has 1 amide bonds. The maximum atomic E-state index is 12.5. The van der Waals surface area contributed by atoms with Gasteiger partial charge in [0.1, 0.15) is 0 Å². The number of carbonyl (C=O) groups excluding carboxylic acids is 1. The van der Waals surface area contributed by atoms with E-state index in [2.05, 4.69) is 9.97 Å². The summed E-state index contributed by atoms with van der Waals surface area (Å²) < 4.78 is 0. The molecule has 0 atom stereocenters. The van der Waals surface area contributed by atoms with Gasteiger partial charge in [-0.05, 0) is 43.5 Å². The summed E-state index contributed by atoms with van der Waals surface area (Å²) in [5, 5.41) is 0. The van der Waals surface area contributed by atoms with E-state index in [4.69, 9.17) is 0 Å². The number of piperidine rings is 1. The highest BCUT2D eigenvalue weighted by molar-refractivity contribution is 5.95. The monoisotopic (exact) mass is 267 g/mol. The maximum Gasteiger partial charge on any atom is 0.253 e. The predicted octanol–water partition coefficient (Wildman–Crippen LogP) is 2.77. The molecule has 0 aliphatic carbocycles. The van der Waals surface area contributed by atoms with Crippen molar-refractivity contribution in [3.05, 3.63) is 48.4 Å². The normalized spacial score (nSPS) is 15.1. The lowest BCUT2D eigenvalue weighted by atomic mass is 10.1.